The minimum absolute atomic E-state index is 0.428. The van der Waals surface area contributed by atoms with Crippen LogP contribution in [-0.4, -0.2) is 11.8 Å². The third-order valence-corrected chi connectivity index (χ3v) is 3.93. The second-order valence-electron chi connectivity index (χ2n) is 4.31. The highest BCUT2D eigenvalue weighted by Gasteiger charge is 2.21. The molecule has 4 heteroatoms. The van der Waals surface area contributed by atoms with Crippen LogP contribution in [0.25, 0.3) is 0 Å². The van der Waals surface area contributed by atoms with Crippen LogP contribution in [0.5, 0.6) is 0 Å². The minimum atomic E-state index is 0.428. The van der Waals surface area contributed by atoms with Gasteiger partial charge < -0.3 is 0 Å². The first-order chi connectivity index (χ1) is 6.91. The molecule has 1 heterocycles. The lowest BCUT2D eigenvalue weighted by Gasteiger charge is -2.14. The van der Waals surface area contributed by atoms with Crippen molar-refractivity contribution < 1.29 is 0 Å². The standard InChI is InChI=1S/C11H18BNS2/c1-5-7(4)9-8(6(2)3)11(14)13(15)10(9)12/h6-7,14-15H,5H2,1-4H3. The van der Waals surface area contributed by atoms with Gasteiger partial charge in [0.2, 0.25) is 0 Å². The second-order valence-corrected chi connectivity index (χ2v) is 5.14. The molecule has 0 aromatic carbocycles. The first kappa shape index (κ1) is 13.1. The Hall–Kier alpha value is 0.0449. The zero-order chi connectivity index (χ0) is 11.7. The van der Waals surface area contributed by atoms with Crippen LogP contribution in [0.15, 0.2) is 5.03 Å². The average molecular weight is 239 g/mol. The third kappa shape index (κ3) is 2.26. The average Bonchev–Trinajstić information content (AvgIpc) is 2.41. The number of thiol groups is 2. The van der Waals surface area contributed by atoms with Crippen molar-refractivity contribution >= 4 is 38.9 Å². The number of aromatic nitrogens is 1. The van der Waals surface area contributed by atoms with Crippen molar-refractivity contribution in [3.63, 3.8) is 0 Å². The zero-order valence-electron chi connectivity index (χ0n) is 9.78. The Morgan fingerprint density at radius 3 is 2.20 bits per heavy atom. The zero-order valence-corrected chi connectivity index (χ0v) is 11.6. The van der Waals surface area contributed by atoms with Crippen LogP contribution < -0.4 is 5.59 Å². The number of hydrogen-bond donors (Lipinski definition) is 2. The lowest BCUT2D eigenvalue weighted by molar-refractivity contribution is 0.711. The van der Waals surface area contributed by atoms with Crippen molar-refractivity contribution in [2.24, 2.45) is 0 Å². The SMILES string of the molecule is [B]c1c(C(C)CC)c(C(C)C)c(S)n1S. The van der Waals surface area contributed by atoms with Crippen LogP contribution in [0.2, 0.25) is 0 Å². The summed E-state index contributed by atoms with van der Waals surface area (Å²) in [5.74, 6) is 0.888. The van der Waals surface area contributed by atoms with E-state index in [4.69, 9.17) is 7.85 Å². The van der Waals surface area contributed by atoms with E-state index in [0.29, 0.717) is 11.8 Å². The van der Waals surface area contributed by atoms with Crippen molar-refractivity contribution in [1.29, 1.82) is 0 Å². The van der Waals surface area contributed by atoms with Gasteiger partial charge in [-0.3, -0.25) is 3.97 Å². The molecule has 1 unspecified atom stereocenters. The minimum Gasteiger partial charge on any atom is -0.296 e. The van der Waals surface area contributed by atoms with Crippen molar-refractivity contribution in [1.82, 2.24) is 3.97 Å². The summed E-state index contributed by atoms with van der Waals surface area (Å²) >= 11 is 8.83. The van der Waals surface area contributed by atoms with E-state index in [-0.39, 0.29) is 0 Å². The molecule has 0 saturated heterocycles. The van der Waals surface area contributed by atoms with E-state index in [1.807, 2.05) is 0 Å². The maximum Gasteiger partial charge on any atom is 0.140 e. The lowest BCUT2D eigenvalue weighted by atomic mass is 9.85. The topological polar surface area (TPSA) is 4.93 Å². The lowest BCUT2D eigenvalue weighted by Crippen LogP contribution is -2.16. The summed E-state index contributed by atoms with van der Waals surface area (Å²) in [5.41, 5.74) is 3.19. The molecular formula is C11H18BNS2. The first-order valence-corrected chi connectivity index (χ1v) is 6.18. The van der Waals surface area contributed by atoms with E-state index in [1.54, 1.807) is 3.97 Å². The van der Waals surface area contributed by atoms with Gasteiger partial charge >= 0.3 is 0 Å². The van der Waals surface area contributed by atoms with E-state index >= 15 is 0 Å². The summed E-state index contributed by atoms with van der Waals surface area (Å²) in [7, 11) is 6.06. The predicted octanol–water partition coefficient (Wildman–Crippen LogP) is 2.90. The Balaban J connectivity index is 3.40. The molecule has 0 aliphatic carbocycles. The summed E-state index contributed by atoms with van der Waals surface area (Å²) in [4.78, 5) is 0. The van der Waals surface area contributed by atoms with E-state index in [1.165, 1.54) is 11.1 Å². The number of rotatable bonds is 3. The molecule has 1 rings (SSSR count). The molecule has 1 aromatic heterocycles. The highest BCUT2D eigenvalue weighted by molar-refractivity contribution is 7.82. The van der Waals surface area contributed by atoms with Crippen LogP contribution in [0, 0.1) is 0 Å². The highest BCUT2D eigenvalue weighted by atomic mass is 32.1. The van der Waals surface area contributed by atoms with Gasteiger partial charge in [0, 0.05) is 0 Å². The molecule has 0 amide bonds. The van der Waals surface area contributed by atoms with Gasteiger partial charge in [0.1, 0.15) is 7.85 Å². The number of nitrogens with zero attached hydrogens (tertiary/aromatic N) is 1. The molecule has 2 radical (unpaired) electrons. The molecule has 0 N–H and O–H groups in total. The molecule has 0 saturated carbocycles. The van der Waals surface area contributed by atoms with Crippen LogP contribution in [0.4, 0.5) is 0 Å². The molecule has 0 bridgehead atoms. The molecule has 1 nitrogen and oxygen atoms in total. The summed E-state index contributed by atoms with van der Waals surface area (Å²) < 4.78 is 1.68. The largest absolute Gasteiger partial charge is 0.296 e. The van der Waals surface area contributed by atoms with Gasteiger partial charge in [-0.15, -0.1) is 12.6 Å². The smallest absolute Gasteiger partial charge is 0.140 e. The summed E-state index contributed by atoms with van der Waals surface area (Å²) in [6.45, 7) is 8.68. The Kier molecular flexibility index (Phi) is 4.30. The van der Waals surface area contributed by atoms with Gasteiger partial charge in [-0.25, -0.2) is 0 Å². The molecule has 1 atom stereocenters. The fraction of sp³-hybridized carbons (Fsp3) is 0.636. The van der Waals surface area contributed by atoms with Gasteiger partial charge in [0.05, 0.1) is 5.03 Å². The van der Waals surface area contributed by atoms with Crippen LogP contribution in [0.3, 0.4) is 0 Å². The van der Waals surface area contributed by atoms with Crippen LogP contribution >= 0.6 is 25.4 Å². The predicted molar refractivity (Wildman–Crippen MR) is 74.3 cm³/mol. The maximum atomic E-state index is 6.06. The second kappa shape index (κ2) is 4.92. The molecule has 15 heavy (non-hydrogen) atoms. The first-order valence-electron chi connectivity index (χ1n) is 5.33. The molecule has 0 spiro atoms. The van der Waals surface area contributed by atoms with Crippen LogP contribution in [-0.2, 0) is 0 Å². The Morgan fingerprint density at radius 1 is 1.27 bits per heavy atom. The van der Waals surface area contributed by atoms with Gasteiger partial charge in [0.15, 0.2) is 0 Å². The van der Waals surface area contributed by atoms with E-state index in [2.05, 4.69) is 53.1 Å². The van der Waals surface area contributed by atoms with Crippen molar-refractivity contribution in [3.8, 4) is 0 Å². The summed E-state index contributed by atoms with van der Waals surface area (Å²) in [6, 6.07) is 0. The normalized spacial score (nSPS) is 13.5. The molecule has 0 aliphatic rings. The summed E-state index contributed by atoms with van der Waals surface area (Å²) in [6.07, 6.45) is 1.08. The molecule has 82 valence electrons. The van der Waals surface area contributed by atoms with Gasteiger partial charge in [0.25, 0.3) is 0 Å². The molecule has 1 aromatic rings. The van der Waals surface area contributed by atoms with Gasteiger partial charge in [-0.05, 0) is 35.0 Å². The Bertz CT molecular complexity index is 358. The third-order valence-electron chi connectivity index (χ3n) is 2.92. The van der Waals surface area contributed by atoms with E-state index < -0.39 is 0 Å². The monoisotopic (exact) mass is 239 g/mol. The highest BCUT2D eigenvalue weighted by Crippen LogP contribution is 2.33. The quantitative estimate of drug-likeness (QED) is 0.590. The maximum absolute atomic E-state index is 6.06. The van der Waals surface area contributed by atoms with Gasteiger partial charge in [-0.2, -0.15) is 0 Å². The van der Waals surface area contributed by atoms with E-state index in [0.717, 1.165) is 17.0 Å². The van der Waals surface area contributed by atoms with E-state index in [9.17, 15) is 0 Å². The molecule has 0 fully saturated rings. The van der Waals surface area contributed by atoms with Crippen molar-refractivity contribution in [3.05, 3.63) is 11.1 Å². The van der Waals surface area contributed by atoms with Gasteiger partial charge in [-0.1, -0.05) is 40.5 Å². The Morgan fingerprint density at radius 2 is 1.80 bits per heavy atom. The van der Waals surface area contributed by atoms with Crippen LogP contribution in [0.1, 0.15) is 57.1 Å². The molecule has 0 aliphatic heterocycles. The summed E-state index contributed by atoms with van der Waals surface area (Å²) in [5, 5.41) is 0.876. The number of hydrogen-bond acceptors (Lipinski definition) is 2. The fourth-order valence-electron chi connectivity index (χ4n) is 1.89. The Labute approximate surface area is 105 Å². The van der Waals surface area contributed by atoms with Crippen molar-refractivity contribution in [2.45, 2.75) is 51.0 Å². The molecular weight excluding hydrogens is 221 g/mol. The fourth-order valence-corrected chi connectivity index (χ4v) is 2.59. The van der Waals surface area contributed by atoms with Crippen molar-refractivity contribution in [2.75, 3.05) is 0 Å².